The Labute approximate surface area is 214 Å². The standard InChI is InChI=1S/C26H29N7O2S/c1-17(2)19-14-20(22(35)15-21(19)34)25-29-30-26(36-24-6-4-5-9-27-24)33(25)18-7-8-23(28-16-18)32-12-10-31(3)11-13-32/h4-9,14-17,34-35H,10-13H2,1-3H3. The highest BCUT2D eigenvalue weighted by molar-refractivity contribution is 7.99. The third-order valence-electron chi connectivity index (χ3n) is 6.29. The summed E-state index contributed by atoms with van der Waals surface area (Å²) in [7, 11) is 2.13. The molecule has 0 aliphatic carbocycles. The second-order valence-corrected chi connectivity index (χ2v) is 10.1. The Kier molecular flexibility index (Phi) is 6.80. The van der Waals surface area contributed by atoms with Gasteiger partial charge in [-0.2, -0.15) is 0 Å². The number of benzene rings is 1. The minimum Gasteiger partial charge on any atom is -0.508 e. The van der Waals surface area contributed by atoms with E-state index in [1.165, 1.54) is 17.8 Å². The van der Waals surface area contributed by atoms with Gasteiger partial charge in [0.05, 0.1) is 17.4 Å². The van der Waals surface area contributed by atoms with Gasteiger partial charge in [0.1, 0.15) is 22.3 Å². The van der Waals surface area contributed by atoms with Crippen LogP contribution in [0.4, 0.5) is 5.82 Å². The lowest BCUT2D eigenvalue weighted by atomic mass is 9.98. The number of piperazine rings is 1. The van der Waals surface area contributed by atoms with E-state index >= 15 is 0 Å². The van der Waals surface area contributed by atoms with Crippen LogP contribution in [-0.2, 0) is 0 Å². The molecule has 0 unspecified atom stereocenters. The van der Waals surface area contributed by atoms with E-state index < -0.39 is 0 Å². The fourth-order valence-corrected chi connectivity index (χ4v) is 5.02. The molecule has 0 bridgehead atoms. The molecule has 1 saturated heterocycles. The number of phenolic OH excluding ortho intramolecular Hbond substituents is 2. The van der Waals surface area contributed by atoms with Gasteiger partial charge in [0.25, 0.3) is 0 Å². The third kappa shape index (κ3) is 4.87. The van der Waals surface area contributed by atoms with E-state index in [0.29, 0.717) is 16.5 Å². The first kappa shape index (κ1) is 24.1. The molecule has 186 valence electrons. The average Bonchev–Trinajstić information content (AvgIpc) is 3.28. The SMILES string of the molecule is CC(C)c1cc(-c2nnc(Sc3ccccn3)n2-c2ccc(N3CCN(C)CC3)nc2)c(O)cc1O. The number of hydrogen-bond donors (Lipinski definition) is 2. The van der Waals surface area contributed by atoms with E-state index in [0.717, 1.165) is 48.3 Å². The van der Waals surface area contributed by atoms with Crippen LogP contribution in [-0.4, -0.2) is 73.1 Å². The highest BCUT2D eigenvalue weighted by Crippen LogP contribution is 2.39. The Balaban J connectivity index is 1.58. The van der Waals surface area contributed by atoms with Crippen molar-refractivity contribution >= 4 is 17.6 Å². The molecule has 1 fully saturated rings. The summed E-state index contributed by atoms with van der Waals surface area (Å²) in [5.74, 6) is 1.44. The summed E-state index contributed by atoms with van der Waals surface area (Å²) in [5, 5.41) is 31.4. The van der Waals surface area contributed by atoms with Crippen LogP contribution in [0.1, 0.15) is 25.3 Å². The predicted octanol–water partition coefficient (Wildman–Crippen LogP) is 4.16. The van der Waals surface area contributed by atoms with Crippen molar-refractivity contribution in [3.63, 3.8) is 0 Å². The average molecular weight is 504 g/mol. The Morgan fingerprint density at radius 3 is 2.39 bits per heavy atom. The van der Waals surface area contributed by atoms with Crippen LogP contribution in [0.3, 0.4) is 0 Å². The monoisotopic (exact) mass is 503 g/mol. The molecule has 4 aromatic rings. The van der Waals surface area contributed by atoms with Crippen molar-refractivity contribution in [3.8, 4) is 28.6 Å². The highest BCUT2D eigenvalue weighted by atomic mass is 32.2. The lowest BCUT2D eigenvalue weighted by molar-refractivity contribution is 0.312. The zero-order valence-electron chi connectivity index (χ0n) is 20.5. The normalized spacial score (nSPS) is 14.5. The molecular weight excluding hydrogens is 474 g/mol. The summed E-state index contributed by atoms with van der Waals surface area (Å²) in [4.78, 5) is 13.8. The molecule has 2 N–H and O–H groups in total. The van der Waals surface area contributed by atoms with Gasteiger partial charge in [0.15, 0.2) is 5.82 Å². The fourth-order valence-electron chi connectivity index (χ4n) is 4.21. The van der Waals surface area contributed by atoms with Crippen LogP contribution in [0.25, 0.3) is 17.1 Å². The molecule has 0 saturated carbocycles. The van der Waals surface area contributed by atoms with Crippen LogP contribution in [0.15, 0.2) is 65.0 Å². The summed E-state index contributed by atoms with van der Waals surface area (Å²) < 4.78 is 1.87. The van der Waals surface area contributed by atoms with Crippen molar-refractivity contribution in [1.82, 2.24) is 29.6 Å². The van der Waals surface area contributed by atoms with Gasteiger partial charge >= 0.3 is 0 Å². The van der Waals surface area contributed by atoms with Crippen LogP contribution in [0.5, 0.6) is 11.5 Å². The zero-order valence-corrected chi connectivity index (χ0v) is 21.4. The number of phenols is 2. The topological polar surface area (TPSA) is 103 Å². The number of pyridine rings is 2. The van der Waals surface area contributed by atoms with Crippen molar-refractivity contribution < 1.29 is 10.2 Å². The number of aromatic hydroxyl groups is 2. The Bertz CT molecular complexity index is 1330. The van der Waals surface area contributed by atoms with Crippen LogP contribution < -0.4 is 4.90 Å². The summed E-state index contributed by atoms with van der Waals surface area (Å²) >= 11 is 1.38. The van der Waals surface area contributed by atoms with Crippen LogP contribution in [0.2, 0.25) is 0 Å². The summed E-state index contributed by atoms with van der Waals surface area (Å²) in [6, 6.07) is 12.8. The van der Waals surface area contributed by atoms with Crippen LogP contribution in [0, 0.1) is 0 Å². The Morgan fingerprint density at radius 2 is 1.72 bits per heavy atom. The van der Waals surface area contributed by atoms with Crippen molar-refractivity contribution in [2.24, 2.45) is 0 Å². The van der Waals surface area contributed by atoms with Crippen LogP contribution >= 0.6 is 11.8 Å². The molecule has 36 heavy (non-hydrogen) atoms. The maximum absolute atomic E-state index is 10.8. The zero-order chi connectivity index (χ0) is 25.2. The molecule has 0 atom stereocenters. The van der Waals surface area contributed by atoms with Gasteiger partial charge in [-0.3, -0.25) is 4.57 Å². The maximum atomic E-state index is 10.8. The van der Waals surface area contributed by atoms with Gasteiger partial charge < -0.3 is 20.0 Å². The van der Waals surface area contributed by atoms with E-state index in [2.05, 4.69) is 32.0 Å². The molecule has 1 aliphatic heterocycles. The van der Waals surface area contributed by atoms with Gasteiger partial charge in [0, 0.05) is 38.4 Å². The number of hydrogen-bond acceptors (Lipinski definition) is 9. The fraction of sp³-hybridized carbons (Fsp3) is 0.308. The third-order valence-corrected chi connectivity index (χ3v) is 7.19. The van der Waals surface area contributed by atoms with Gasteiger partial charge in [-0.05, 0) is 60.6 Å². The molecule has 3 aromatic heterocycles. The number of rotatable bonds is 6. The molecule has 0 spiro atoms. The Hall–Kier alpha value is -3.63. The van der Waals surface area contributed by atoms with Gasteiger partial charge in [-0.1, -0.05) is 19.9 Å². The summed E-state index contributed by atoms with van der Waals surface area (Å²) in [6.07, 6.45) is 3.54. The highest BCUT2D eigenvalue weighted by Gasteiger charge is 2.23. The van der Waals surface area contributed by atoms with E-state index in [1.807, 2.05) is 54.9 Å². The van der Waals surface area contributed by atoms with E-state index in [-0.39, 0.29) is 17.4 Å². The maximum Gasteiger partial charge on any atom is 0.202 e. The van der Waals surface area contributed by atoms with Gasteiger partial charge in [-0.15, -0.1) is 10.2 Å². The largest absolute Gasteiger partial charge is 0.508 e. The number of likely N-dealkylation sites (N-methyl/N-ethyl adjacent to an activating group) is 1. The second-order valence-electron chi connectivity index (χ2n) is 9.16. The minimum atomic E-state index is -0.0676. The second kappa shape index (κ2) is 10.2. The first-order chi connectivity index (χ1) is 17.4. The lowest BCUT2D eigenvalue weighted by Crippen LogP contribution is -2.44. The van der Waals surface area contributed by atoms with E-state index in [9.17, 15) is 10.2 Å². The summed E-state index contributed by atoms with van der Waals surface area (Å²) in [5.41, 5.74) is 1.98. The first-order valence-electron chi connectivity index (χ1n) is 11.9. The predicted molar refractivity (Wildman–Crippen MR) is 140 cm³/mol. The molecule has 0 amide bonds. The van der Waals surface area contributed by atoms with Gasteiger partial charge in [-0.25, -0.2) is 9.97 Å². The minimum absolute atomic E-state index is 0.0543. The summed E-state index contributed by atoms with van der Waals surface area (Å²) in [6.45, 7) is 7.85. The van der Waals surface area contributed by atoms with Crippen molar-refractivity contribution in [2.45, 2.75) is 29.9 Å². The number of nitrogens with zero attached hydrogens (tertiary/aromatic N) is 7. The van der Waals surface area contributed by atoms with E-state index in [1.54, 1.807) is 12.3 Å². The first-order valence-corrected chi connectivity index (χ1v) is 12.7. The molecule has 1 aliphatic rings. The number of anilines is 1. The van der Waals surface area contributed by atoms with Crippen molar-refractivity contribution in [3.05, 3.63) is 60.4 Å². The number of aromatic nitrogens is 5. The smallest absolute Gasteiger partial charge is 0.202 e. The molecule has 0 radical (unpaired) electrons. The molecule has 9 nitrogen and oxygen atoms in total. The molecule has 4 heterocycles. The van der Waals surface area contributed by atoms with Crippen molar-refractivity contribution in [2.75, 3.05) is 38.1 Å². The molecule has 10 heteroatoms. The molecular formula is C26H29N7O2S. The van der Waals surface area contributed by atoms with E-state index in [4.69, 9.17) is 4.98 Å². The lowest BCUT2D eigenvalue weighted by Gasteiger charge is -2.33. The Morgan fingerprint density at radius 1 is 0.917 bits per heavy atom. The van der Waals surface area contributed by atoms with Crippen molar-refractivity contribution in [1.29, 1.82) is 0 Å². The molecule has 1 aromatic carbocycles. The quantitative estimate of drug-likeness (QED) is 0.401. The van der Waals surface area contributed by atoms with Gasteiger partial charge in [0.2, 0.25) is 5.16 Å². The molecule has 5 rings (SSSR count).